The van der Waals surface area contributed by atoms with E-state index in [1.54, 1.807) is 0 Å². The molecule has 0 aromatic rings. The number of ether oxygens (including phenoxy) is 3. The number of hydrogen-bond acceptors (Lipinski definition) is 6. The van der Waals surface area contributed by atoms with Gasteiger partial charge < -0.3 is 14.2 Å². The van der Waals surface area contributed by atoms with E-state index in [-0.39, 0.29) is 37.5 Å². The summed E-state index contributed by atoms with van der Waals surface area (Å²) in [5.74, 6) is -1.02. The molecule has 1 atom stereocenters. The third-order valence-electron chi connectivity index (χ3n) is 11.7. The summed E-state index contributed by atoms with van der Waals surface area (Å²) >= 11 is 0. The van der Waals surface area contributed by atoms with Crippen molar-refractivity contribution in [2.45, 2.75) is 258 Å². The van der Waals surface area contributed by atoms with Gasteiger partial charge in [-0.2, -0.15) is 0 Å². The molecule has 0 aromatic carbocycles. The Kier molecular flexibility index (Phi) is 53.4. The number of esters is 3. The maximum Gasteiger partial charge on any atom is 0.306 e. The maximum absolute atomic E-state index is 12.9. The zero-order chi connectivity index (χ0) is 50.0. The van der Waals surface area contributed by atoms with Gasteiger partial charge in [0.25, 0.3) is 0 Å². The quantitative estimate of drug-likeness (QED) is 0.0262. The summed E-state index contributed by atoms with van der Waals surface area (Å²) in [6, 6.07) is 0. The summed E-state index contributed by atoms with van der Waals surface area (Å²) in [5, 5.41) is 0. The Morgan fingerprint density at radius 1 is 0.304 bits per heavy atom. The summed E-state index contributed by atoms with van der Waals surface area (Å²) < 4.78 is 16.8. The lowest BCUT2D eigenvalue weighted by Crippen LogP contribution is -2.30. The third kappa shape index (κ3) is 54.9. The van der Waals surface area contributed by atoms with Gasteiger partial charge in [-0.1, -0.05) is 220 Å². The summed E-state index contributed by atoms with van der Waals surface area (Å²) in [5.41, 5.74) is 0. The molecular formula is C63H104O6. The summed E-state index contributed by atoms with van der Waals surface area (Å²) in [7, 11) is 0. The fourth-order valence-corrected chi connectivity index (χ4v) is 7.48. The number of unbranched alkanes of at least 4 members (excludes halogenated alkanes) is 21. The summed E-state index contributed by atoms with van der Waals surface area (Å²) in [6.07, 6.45) is 76.6. The molecule has 0 spiro atoms. The van der Waals surface area contributed by atoms with Crippen LogP contribution in [0.1, 0.15) is 252 Å². The van der Waals surface area contributed by atoms with E-state index in [1.165, 1.54) is 116 Å². The van der Waals surface area contributed by atoms with E-state index in [4.69, 9.17) is 14.2 Å². The lowest BCUT2D eigenvalue weighted by atomic mass is 10.1. The minimum absolute atomic E-state index is 0.119. The minimum atomic E-state index is -0.820. The van der Waals surface area contributed by atoms with Crippen molar-refractivity contribution in [3.8, 4) is 0 Å². The summed E-state index contributed by atoms with van der Waals surface area (Å²) in [4.78, 5) is 38.1. The summed E-state index contributed by atoms with van der Waals surface area (Å²) in [6.45, 7) is 6.41. The molecule has 0 amide bonds. The zero-order valence-corrected chi connectivity index (χ0v) is 44.8. The van der Waals surface area contributed by atoms with Crippen LogP contribution >= 0.6 is 0 Å². The van der Waals surface area contributed by atoms with Crippen LogP contribution in [-0.2, 0) is 28.6 Å². The first-order chi connectivity index (χ1) is 34.0. The molecule has 0 fully saturated rings. The van der Waals surface area contributed by atoms with Crippen LogP contribution in [0.5, 0.6) is 0 Å². The Hall–Kier alpha value is -3.93. The molecule has 0 aliphatic rings. The van der Waals surface area contributed by atoms with E-state index in [9.17, 15) is 14.4 Å². The molecule has 0 heterocycles. The van der Waals surface area contributed by atoms with Gasteiger partial charge >= 0.3 is 17.9 Å². The number of rotatable bonds is 50. The van der Waals surface area contributed by atoms with Crippen LogP contribution in [0.2, 0.25) is 0 Å². The smallest absolute Gasteiger partial charge is 0.306 e. The number of allylic oxidation sites excluding steroid dienone is 18. The highest BCUT2D eigenvalue weighted by Crippen LogP contribution is 2.14. The van der Waals surface area contributed by atoms with E-state index in [0.29, 0.717) is 25.7 Å². The van der Waals surface area contributed by atoms with Crippen molar-refractivity contribution >= 4 is 17.9 Å². The molecule has 0 bridgehead atoms. The van der Waals surface area contributed by atoms with Crippen LogP contribution in [0.3, 0.4) is 0 Å². The predicted molar refractivity (Wildman–Crippen MR) is 297 cm³/mol. The number of carbonyl (C=O) groups is 3. The van der Waals surface area contributed by atoms with Crippen molar-refractivity contribution in [2.24, 2.45) is 0 Å². The van der Waals surface area contributed by atoms with Crippen molar-refractivity contribution in [1.82, 2.24) is 0 Å². The van der Waals surface area contributed by atoms with Gasteiger partial charge in [0.15, 0.2) is 6.10 Å². The Morgan fingerprint density at radius 2 is 0.580 bits per heavy atom. The molecule has 0 radical (unpaired) electrons. The molecule has 0 saturated carbocycles. The molecule has 0 aliphatic carbocycles. The molecule has 6 nitrogen and oxygen atoms in total. The topological polar surface area (TPSA) is 78.9 Å². The van der Waals surface area contributed by atoms with Crippen molar-refractivity contribution in [1.29, 1.82) is 0 Å². The molecule has 0 aliphatic heterocycles. The first kappa shape index (κ1) is 65.1. The highest BCUT2D eigenvalue weighted by Gasteiger charge is 2.19. The van der Waals surface area contributed by atoms with Gasteiger partial charge in [-0.05, 0) is 122 Å². The Morgan fingerprint density at radius 3 is 1.01 bits per heavy atom. The van der Waals surface area contributed by atoms with Crippen molar-refractivity contribution in [2.75, 3.05) is 13.2 Å². The van der Waals surface area contributed by atoms with Crippen molar-refractivity contribution in [3.05, 3.63) is 109 Å². The molecule has 0 N–H and O–H groups in total. The standard InChI is InChI=1S/C63H104O6/c1-4-7-10-13-16-19-22-25-28-30-31-33-36-39-42-45-48-51-54-57-63(66)69-60(58-67-61(64)55-52-49-46-43-40-37-34-27-24-21-18-15-12-9-6-3)59-68-62(65)56-53-50-47-44-41-38-35-32-29-26-23-20-17-14-11-8-5-2/h9,12,17-18,20-21,25-29,34-35,38,40,43-44,47,60H,4-8,10-11,13-16,19,22-24,30-33,36-37,39,41-42,45-46,48-59H2,1-3H3/b12-9-,20-17-,21-18-,28-25-,29-26-,34-27-,38-35-,43-40-,47-44-/t60-/m1/s1. The molecular weight excluding hydrogens is 853 g/mol. The van der Waals surface area contributed by atoms with Gasteiger partial charge in [0, 0.05) is 19.3 Å². The normalized spacial score (nSPS) is 12.9. The SMILES string of the molecule is CC/C=C\C/C=C\C/C=C\C/C=C\CCCCC(=O)OC[C@H](COC(=O)CCC/C=C\C/C=C\C/C=C\C/C=C\CCCCC)OC(=O)CCCCCCCCCCC/C=C\CCCCCCCC. The fraction of sp³-hybridized carbons (Fsp3) is 0.667. The molecule has 69 heavy (non-hydrogen) atoms. The number of carbonyl (C=O) groups excluding carboxylic acids is 3. The van der Waals surface area contributed by atoms with Crippen LogP contribution < -0.4 is 0 Å². The Bertz CT molecular complexity index is 1420. The van der Waals surface area contributed by atoms with E-state index in [0.717, 1.165) is 83.5 Å². The van der Waals surface area contributed by atoms with Gasteiger partial charge in [-0.3, -0.25) is 14.4 Å². The molecule has 6 heteroatoms. The molecule has 0 saturated heterocycles. The van der Waals surface area contributed by atoms with Crippen LogP contribution in [0.15, 0.2) is 109 Å². The van der Waals surface area contributed by atoms with E-state index in [2.05, 4.69) is 130 Å². The monoisotopic (exact) mass is 957 g/mol. The Balaban J connectivity index is 4.52. The number of hydrogen-bond donors (Lipinski definition) is 0. The fourth-order valence-electron chi connectivity index (χ4n) is 7.48. The maximum atomic E-state index is 12.9. The van der Waals surface area contributed by atoms with E-state index >= 15 is 0 Å². The van der Waals surface area contributed by atoms with Gasteiger partial charge in [0.2, 0.25) is 0 Å². The van der Waals surface area contributed by atoms with Gasteiger partial charge in [-0.25, -0.2) is 0 Å². The first-order valence-corrected chi connectivity index (χ1v) is 28.4. The lowest BCUT2D eigenvalue weighted by Gasteiger charge is -2.18. The van der Waals surface area contributed by atoms with Gasteiger partial charge in [0.1, 0.15) is 13.2 Å². The van der Waals surface area contributed by atoms with E-state index < -0.39 is 6.10 Å². The highest BCUT2D eigenvalue weighted by molar-refractivity contribution is 5.71. The molecule has 0 rings (SSSR count). The molecule has 0 aromatic heterocycles. The average Bonchev–Trinajstić information content (AvgIpc) is 3.35. The highest BCUT2D eigenvalue weighted by atomic mass is 16.6. The van der Waals surface area contributed by atoms with Crippen LogP contribution in [0, 0.1) is 0 Å². The third-order valence-corrected chi connectivity index (χ3v) is 11.7. The minimum Gasteiger partial charge on any atom is -0.462 e. The van der Waals surface area contributed by atoms with Crippen LogP contribution in [-0.4, -0.2) is 37.2 Å². The second-order valence-electron chi connectivity index (χ2n) is 18.5. The second kappa shape index (κ2) is 56.7. The molecule has 0 unspecified atom stereocenters. The predicted octanol–water partition coefficient (Wildman–Crippen LogP) is 19.1. The largest absolute Gasteiger partial charge is 0.462 e. The van der Waals surface area contributed by atoms with Crippen LogP contribution in [0.4, 0.5) is 0 Å². The first-order valence-electron chi connectivity index (χ1n) is 28.4. The average molecular weight is 958 g/mol. The van der Waals surface area contributed by atoms with Crippen LogP contribution in [0.25, 0.3) is 0 Å². The molecule has 392 valence electrons. The van der Waals surface area contributed by atoms with Crippen molar-refractivity contribution < 1.29 is 28.6 Å². The van der Waals surface area contributed by atoms with Gasteiger partial charge in [-0.15, -0.1) is 0 Å². The zero-order valence-electron chi connectivity index (χ0n) is 44.8. The lowest BCUT2D eigenvalue weighted by molar-refractivity contribution is -0.167. The van der Waals surface area contributed by atoms with Crippen molar-refractivity contribution in [3.63, 3.8) is 0 Å². The van der Waals surface area contributed by atoms with Gasteiger partial charge in [0.05, 0.1) is 0 Å². The van der Waals surface area contributed by atoms with E-state index in [1.807, 2.05) is 0 Å². The Labute approximate surface area is 425 Å². The second-order valence-corrected chi connectivity index (χ2v) is 18.5.